The summed E-state index contributed by atoms with van der Waals surface area (Å²) < 4.78 is 36.1. The van der Waals surface area contributed by atoms with Gasteiger partial charge in [-0.3, -0.25) is 0 Å². The molecule has 1 aromatic carbocycles. The Morgan fingerprint density at radius 1 is 1.23 bits per heavy atom. The molecule has 2 nitrogen and oxygen atoms in total. The van der Waals surface area contributed by atoms with Gasteiger partial charge in [-0.25, -0.2) is 12.8 Å². The van der Waals surface area contributed by atoms with Crippen molar-refractivity contribution >= 4 is 9.84 Å². The van der Waals surface area contributed by atoms with Gasteiger partial charge in [-0.15, -0.1) is 0 Å². The zero-order valence-electron chi connectivity index (χ0n) is 7.49. The predicted octanol–water partition coefficient (Wildman–Crippen LogP) is 2.01. The first-order valence-corrected chi connectivity index (χ1v) is 5.49. The van der Waals surface area contributed by atoms with Crippen LogP contribution in [0.3, 0.4) is 0 Å². The molecule has 13 heavy (non-hydrogen) atoms. The number of sulfone groups is 1. The molecule has 0 aliphatic heterocycles. The van der Waals surface area contributed by atoms with Crippen molar-refractivity contribution in [2.24, 2.45) is 0 Å². The van der Waals surface area contributed by atoms with E-state index in [-0.39, 0.29) is 4.90 Å². The van der Waals surface area contributed by atoms with E-state index in [0.717, 1.165) is 6.07 Å². The second kappa shape index (κ2) is 3.46. The Bertz CT molecular complexity index is 396. The molecule has 0 aliphatic rings. The Labute approximate surface area is 77.3 Å². The molecule has 0 unspecified atom stereocenters. The van der Waals surface area contributed by atoms with Gasteiger partial charge in [-0.05, 0) is 26.0 Å². The van der Waals surface area contributed by atoms with Gasteiger partial charge in [0.1, 0.15) is 10.7 Å². The van der Waals surface area contributed by atoms with E-state index in [1.807, 2.05) is 0 Å². The summed E-state index contributed by atoms with van der Waals surface area (Å²) in [4.78, 5) is -0.218. The van der Waals surface area contributed by atoms with E-state index in [1.54, 1.807) is 0 Å². The zero-order valence-corrected chi connectivity index (χ0v) is 8.31. The monoisotopic (exact) mass is 202 g/mol. The molecule has 0 saturated carbocycles. The summed E-state index contributed by atoms with van der Waals surface area (Å²) in [6.45, 7) is 3.06. The van der Waals surface area contributed by atoms with E-state index in [1.165, 1.54) is 32.0 Å². The van der Waals surface area contributed by atoms with Gasteiger partial charge in [0.2, 0.25) is 0 Å². The van der Waals surface area contributed by atoms with Gasteiger partial charge in [0.25, 0.3) is 0 Å². The van der Waals surface area contributed by atoms with Crippen molar-refractivity contribution in [1.29, 1.82) is 0 Å². The van der Waals surface area contributed by atoms with Crippen LogP contribution in [0.15, 0.2) is 29.2 Å². The molecule has 0 fully saturated rings. The first-order chi connectivity index (χ1) is 5.96. The van der Waals surface area contributed by atoms with Crippen LogP contribution >= 0.6 is 0 Å². The standard InChI is InChI=1S/C9H11FO2S/c1-7(2)13(11,12)9-6-4-3-5-8(9)10/h3-7H,1-2H3. The quantitative estimate of drug-likeness (QED) is 0.735. The average Bonchev–Trinajstić information content (AvgIpc) is 2.04. The molecule has 0 aromatic heterocycles. The number of hydrogen-bond donors (Lipinski definition) is 0. The topological polar surface area (TPSA) is 34.1 Å². The fourth-order valence-electron chi connectivity index (χ4n) is 0.929. The van der Waals surface area contributed by atoms with Gasteiger partial charge >= 0.3 is 0 Å². The Kier molecular flexibility index (Phi) is 2.71. The van der Waals surface area contributed by atoms with Gasteiger partial charge < -0.3 is 0 Å². The number of benzene rings is 1. The van der Waals surface area contributed by atoms with Crippen molar-refractivity contribution in [2.45, 2.75) is 24.0 Å². The van der Waals surface area contributed by atoms with Crippen molar-refractivity contribution < 1.29 is 12.8 Å². The van der Waals surface area contributed by atoms with Crippen LogP contribution in [0.1, 0.15) is 13.8 Å². The van der Waals surface area contributed by atoms with Gasteiger partial charge in [-0.1, -0.05) is 12.1 Å². The van der Waals surface area contributed by atoms with Crippen LogP contribution in [0.25, 0.3) is 0 Å². The second-order valence-corrected chi connectivity index (χ2v) is 5.50. The molecule has 0 atom stereocenters. The van der Waals surface area contributed by atoms with Crippen LogP contribution in [0.4, 0.5) is 4.39 Å². The molecular weight excluding hydrogens is 191 g/mol. The molecule has 72 valence electrons. The van der Waals surface area contributed by atoms with Gasteiger partial charge in [0.05, 0.1) is 5.25 Å². The maximum atomic E-state index is 13.1. The van der Waals surface area contributed by atoms with Gasteiger partial charge in [-0.2, -0.15) is 0 Å². The first kappa shape index (κ1) is 10.2. The predicted molar refractivity (Wildman–Crippen MR) is 48.7 cm³/mol. The lowest BCUT2D eigenvalue weighted by molar-refractivity contribution is 0.561. The molecule has 0 amide bonds. The van der Waals surface area contributed by atoms with Crippen LogP contribution < -0.4 is 0 Å². The number of hydrogen-bond acceptors (Lipinski definition) is 2. The smallest absolute Gasteiger partial charge is 0.183 e. The number of rotatable bonds is 2. The van der Waals surface area contributed by atoms with Gasteiger partial charge in [0.15, 0.2) is 9.84 Å². The first-order valence-electron chi connectivity index (χ1n) is 3.94. The van der Waals surface area contributed by atoms with Gasteiger partial charge in [0, 0.05) is 0 Å². The Balaban J connectivity index is 3.32. The van der Waals surface area contributed by atoms with Crippen LogP contribution in [0, 0.1) is 5.82 Å². The molecule has 0 spiro atoms. The highest BCUT2D eigenvalue weighted by Gasteiger charge is 2.22. The number of halogens is 1. The molecule has 0 heterocycles. The van der Waals surface area contributed by atoms with Crippen molar-refractivity contribution in [3.05, 3.63) is 30.1 Å². The molecule has 0 radical (unpaired) electrons. The minimum atomic E-state index is -3.48. The Hall–Kier alpha value is -0.900. The summed E-state index contributed by atoms with van der Waals surface area (Å²) in [5.74, 6) is -0.684. The zero-order chi connectivity index (χ0) is 10.1. The highest BCUT2D eigenvalue weighted by atomic mass is 32.2. The third-order valence-electron chi connectivity index (χ3n) is 1.76. The lowest BCUT2D eigenvalue weighted by Crippen LogP contribution is -2.15. The van der Waals surface area contributed by atoms with E-state index < -0.39 is 20.9 Å². The Morgan fingerprint density at radius 3 is 2.23 bits per heavy atom. The third-order valence-corrected chi connectivity index (χ3v) is 3.95. The fraction of sp³-hybridized carbons (Fsp3) is 0.333. The van der Waals surface area contributed by atoms with E-state index >= 15 is 0 Å². The van der Waals surface area contributed by atoms with Crippen LogP contribution in [0.5, 0.6) is 0 Å². The second-order valence-electron chi connectivity index (χ2n) is 3.02. The maximum Gasteiger partial charge on any atom is 0.183 e. The van der Waals surface area contributed by atoms with E-state index in [4.69, 9.17) is 0 Å². The minimum absolute atomic E-state index is 0.218. The molecule has 1 rings (SSSR count). The lowest BCUT2D eigenvalue weighted by Gasteiger charge is -2.07. The molecule has 1 aromatic rings. The van der Waals surface area contributed by atoms with Crippen molar-refractivity contribution in [3.63, 3.8) is 0 Å². The third kappa shape index (κ3) is 1.88. The molecule has 0 N–H and O–H groups in total. The summed E-state index contributed by atoms with van der Waals surface area (Å²) in [7, 11) is -3.48. The average molecular weight is 202 g/mol. The highest BCUT2D eigenvalue weighted by Crippen LogP contribution is 2.18. The summed E-state index contributed by atoms with van der Waals surface area (Å²) >= 11 is 0. The van der Waals surface area contributed by atoms with Crippen LogP contribution in [0.2, 0.25) is 0 Å². The summed E-state index contributed by atoms with van der Waals surface area (Å²) in [5.41, 5.74) is 0. The molecular formula is C9H11FO2S. The molecule has 0 bridgehead atoms. The minimum Gasteiger partial charge on any atom is -0.223 e. The summed E-state index contributed by atoms with van der Waals surface area (Å²) in [5, 5.41) is -0.593. The highest BCUT2D eigenvalue weighted by molar-refractivity contribution is 7.92. The summed E-state index contributed by atoms with van der Waals surface area (Å²) in [6, 6.07) is 5.41. The lowest BCUT2D eigenvalue weighted by atomic mass is 10.3. The largest absolute Gasteiger partial charge is 0.223 e. The fourth-order valence-corrected chi connectivity index (χ4v) is 2.05. The SMILES string of the molecule is CC(C)S(=O)(=O)c1ccccc1F. The molecule has 0 aliphatic carbocycles. The molecule has 0 saturated heterocycles. The van der Waals surface area contributed by atoms with E-state index in [0.29, 0.717) is 0 Å². The van der Waals surface area contributed by atoms with Crippen LogP contribution in [-0.2, 0) is 9.84 Å². The molecule has 4 heteroatoms. The van der Waals surface area contributed by atoms with Crippen molar-refractivity contribution in [3.8, 4) is 0 Å². The Morgan fingerprint density at radius 2 is 1.77 bits per heavy atom. The van der Waals surface area contributed by atoms with Crippen molar-refractivity contribution in [1.82, 2.24) is 0 Å². The van der Waals surface area contributed by atoms with E-state index in [2.05, 4.69) is 0 Å². The van der Waals surface area contributed by atoms with Crippen molar-refractivity contribution in [2.75, 3.05) is 0 Å². The van der Waals surface area contributed by atoms with E-state index in [9.17, 15) is 12.8 Å². The normalized spacial score (nSPS) is 12.0. The maximum absolute atomic E-state index is 13.1. The summed E-state index contributed by atoms with van der Waals surface area (Å²) in [6.07, 6.45) is 0. The van der Waals surface area contributed by atoms with Crippen LogP contribution in [-0.4, -0.2) is 13.7 Å².